The third-order valence-corrected chi connectivity index (χ3v) is 4.88. The van der Waals surface area contributed by atoms with Gasteiger partial charge in [0, 0.05) is 30.8 Å². The van der Waals surface area contributed by atoms with Crippen LogP contribution in [0.1, 0.15) is 17.7 Å². The molecule has 3 aromatic heterocycles. The lowest BCUT2D eigenvalue weighted by Crippen LogP contribution is -2.15. The van der Waals surface area contributed by atoms with E-state index in [1.807, 2.05) is 56.6 Å². The van der Waals surface area contributed by atoms with Gasteiger partial charge in [0.25, 0.3) is 0 Å². The quantitative estimate of drug-likeness (QED) is 0.441. The molecule has 0 radical (unpaired) electrons. The van der Waals surface area contributed by atoms with E-state index >= 15 is 0 Å². The van der Waals surface area contributed by atoms with Gasteiger partial charge in [0.1, 0.15) is 5.52 Å². The second kappa shape index (κ2) is 9.49. The van der Waals surface area contributed by atoms with E-state index in [0.717, 1.165) is 46.5 Å². The Balaban J connectivity index is 1.57. The summed E-state index contributed by atoms with van der Waals surface area (Å²) >= 11 is 0. The number of fused-ring (bicyclic) bond motifs is 1. The number of aromatic nitrogens is 4. The van der Waals surface area contributed by atoms with E-state index in [0.29, 0.717) is 18.9 Å². The first-order valence-electron chi connectivity index (χ1n) is 10.3. The van der Waals surface area contributed by atoms with Gasteiger partial charge in [-0.05, 0) is 44.3 Å². The minimum Gasteiger partial charge on any atom is -0.478 e. The molecule has 0 spiro atoms. The van der Waals surface area contributed by atoms with Gasteiger partial charge >= 0.3 is 0 Å². The topological polar surface area (TPSA) is 90.0 Å². The number of hydrogen-bond donors (Lipinski definition) is 1. The summed E-state index contributed by atoms with van der Waals surface area (Å²) in [5, 5.41) is 0. The number of ether oxygens (including phenoxy) is 1. The Morgan fingerprint density at radius 1 is 0.935 bits per heavy atom. The zero-order chi connectivity index (χ0) is 21.6. The SMILES string of the molecule is CN(C)CCCOc1ccc(-c2ccc3nc(N)nc(Cc4ccccc4)c3n2)cn1. The average Bonchev–Trinajstić information content (AvgIpc) is 2.77. The predicted octanol–water partition coefficient (Wildman–Crippen LogP) is 3.59. The van der Waals surface area contributed by atoms with E-state index in [-0.39, 0.29) is 5.95 Å². The lowest BCUT2D eigenvalue weighted by molar-refractivity contribution is 0.273. The first kappa shape index (κ1) is 20.7. The van der Waals surface area contributed by atoms with Crippen LogP contribution in [0.15, 0.2) is 60.8 Å². The number of rotatable bonds is 8. The molecule has 0 unspecified atom stereocenters. The molecule has 0 bridgehead atoms. The fourth-order valence-electron chi connectivity index (χ4n) is 3.34. The largest absolute Gasteiger partial charge is 0.478 e. The summed E-state index contributed by atoms with van der Waals surface area (Å²) in [5.74, 6) is 0.870. The molecule has 0 aliphatic rings. The van der Waals surface area contributed by atoms with E-state index < -0.39 is 0 Å². The van der Waals surface area contributed by atoms with Gasteiger partial charge in [-0.1, -0.05) is 30.3 Å². The number of nitrogens with two attached hydrogens (primary N) is 1. The van der Waals surface area contributed by atoms with Gasteiger partial charge in [-0.25, -0.2) is 19.9 Å². The average molecular weight is 415 g/mol. The summed E-state index contributed by atoms with van der Waals surface area (Å²) in [5.41, 5.74) is 11.1. The van der Waals surface area contributed by atoms with Crippen molar-refractivity contribution >= 4 is 17.0 Å². The monoisotopic (exact) mass is 414 g/mol. The van der Waals surface area contributed by atoms with Gasteiger partial charge in [0.15, 0.2) is 0 Å². The molecule has 4 rings (SSSR count). The van der Waals surface area contributed by atoms with Gasteiger partial charge in [0.05, 0.1) is 23.5 Å². The summed E-state index contributed by atoms with van der Waals surface area (Å²) in [4.78, 5) is 20.2. The molecule has 7 heteroatoms. The van der Waals surface area contributed by atoms with Crippen molar-refractivity contribution in [3.8, 4) is 17.1 Å². The maximum atomic E-state index is 5.93. The standard InChI is InChI=1S/C24H26N6O/c1-30(2)13-6-14-31-22-12-9-18(16-26-22)19-10-11-20-23(27-19)21(29-24(25)28-20)15-17-7-4-3-5-8-17/h3-5,7-12,16H,6,13-15H2,1-2H3,(H2,25,28,29). The number of anilines is 1. The summed E-state index contributed by atoms with van der Waals surface area (Å²) in [6.07, 6.45) is 3.37. The molecule has 0 fully saturated rings. The van der Waals surface area contributed by atoms with E-state index in [1.165, 1.54) is 0 Å². The van der Waals surface area contributed by atoms with Gasteiger partial charge in [-0.2, -0.15) is 0 Å². The van der Waals surface area contributed by atoms with Gasteiger partial charge in [-0.3, -0.25) is 0 Å². The number of nitrogen functional groups attached to an aromatic ring is 1. The molecule has 0 saturated carbocycles. The molecule has 7 nitrogen and oxygen atoms in total. The Bertz CT molecular complexity index is 1150. The number of benzene rings is 1. The van der Waals surface area contributed by atoms with Crippen LogP contribution in [0.5, 0.6) is 5.88 Å². The molecular weight excluding hydrogens is 388 g/mol. The van der Waals surface area contributed by atoms with Gasteiger partial charge in [-0.15, -0.1) is 0 Å². The molecule has 0 saturated heterocycles. The van der Waals surface area contributed by atoms with Crippen LogP contribution < -0.4 is 10.5 Å². The zero-order valence-corrected chi connectivity index (χ0v) is 17.8. The normalized spacial score (nSPS) is 11.2. The van der Waals surface area contributed by atoms with Gasteiger partial charge in [0.2, 0.25) is 11.8 Å². The maximum absolute atomic E-state index is 5.93. The number of nitrogens with zero attached hydrogens (tertiary/aromatic N) is 5. The lowest BCUT2D eigenvalue weighted by Gasteiger charge is -2.10. The highest BCUT2D eigenvalue weighted by Gasteiger charge is 2.11. The van der Waals surface area contributed by atoms with Crippen molar-refractivity contribution in [3.05, 3.63) is 72.1 Å². The van der Waals surface area contributed by atoms with E-state index in [2.05, 4.69) is 32.0 Å². The van der Waals surface area contributed by atoms with Crippen LogP contribution in [-0.2, 0) is 6.42 Å². The summed E-state index contributed by atoms with van der Waals surface area (Å²) in [7, 11) is 4.10. The zero-order valence-electron chi connectivity index (χ0n) is 17.8. The second-order valence-electron chi connectivity index (χ2n) is 7.65. The molecule has 1 aromatic carbocycles. The highest BCUT2D eigenvalue weighted by Crippen LogP contribution is 2.24. The van der Waals surface area contributed by atoms with Gasteiger partial charge < -0.3 is 15.4 Å². The van der Waals surface area contributed by atoms with Crippen molar-refractivity contribution in [3.63, 3.8) is 0 Å². The van der Waals surface area contributed by atoms with E-state index in [1.54, 1.807) is 6.20 Å². The predicted molar refractivity (Wildman–Crippen MR) is 123 cm³/mol. The highest BCUT2D eigenvalue weighted by atomic mass is 16.5. The Hall–Kier alpha value is -3.58. The molecule has 0 aliphatic carbocycles. The number of hydrogen-bond acceptors (Lipinski definition) is 7. The molecule has 0 amide bonds. The lowest BCUT2D eigenvalue weighted by atomic mass is 10.1. The number of pyridine rings is 2. The summed E-state index contributed by atoms with van der Waals surface area (Å²) < 4.78 is 5.72. The fourth-order valence-corrected chi connectivity index (χ4v) is 3.34. The smallest absolute Gasteiger partial charge is 0.220 e. The first-order chi connectivity index (χ1) is 15.1. The minimum atomic E-state index is 0.255. The summed E-state index contributed by atoms with van der Waals surface area (Å²) in [6, 6.07) is 17.8. The van der Waals surface area contributed by atoms with Crippen molar-refractivity contribution in [2.75, 3.05) is 33.0 Å². The van der Waals surface area contributed by atoms with Crippen LogP contribution in [0.25, 0.3) is 22.3 Å². The molecular formula is C24H26N6O. The minimum absolute atomic E-state index is 0.255. The fraction of sp³-hybridized carbons (Fsp3) is 0.250. The Kier molecular flexibility index (Phi) is 6.33. The van der Waals surface area contributed by atoms with E-state index in [4.69, 9.17) is 15.5 Å². The van der Waals surface area contributed by atoms with E-state index in [9.17, 15) is 0 Å². The molecule has 158 valence electrons. The van der Waals surface area contributed by atoms with Crippen LogP contribution in [0.3, 0.4) is 0 Å². The van der Waals surface area contributed by atoms with Crippen LogP contribution >= 0.6 is 0 Å². The van der Waals surface area contributed by atoms with Crippen LogP contribution in [-0.4, -0.2) is 52.1 Å². The Morgan fingerprint density at radius 2 is 1.77 bits per heavy atom. The Morgan fingerprint density at radius 3 is 2.52 bits per heavy atom. The van der Waals surface area contributed by atoms with Crippen molar-refractivity contribution in [2.45, 2.75) is 12.8 Å². The van der Waals surface area contributed by atoms with Crippen LogP contribution in [0.2, 0.25) is 0 Å². The van der Waals surface area contributed by atoms with Crippen molar-refractivity contribution in [1.82, 2.24) is 24.8 Å². The Labute approximate surface area is 182 Å². The van der Waals surface area contributed by atoms with Crippen molar-refractivity contribution < 1.29 is 4.74 Å². The van der Waals surface area contributed by atoms with Crippen molar-refractivity contribution in [2.24, 2.45) is 0 Å². The van der Waals surface area contributed by atoms with Crippen molar-refractivity contribution in [1.29, 1.82) is 0 Å². The molecule has 2 N–H and O–H groups in total. The molecule has 0 aliphatic heterocycles. The molecule has 3 heterocycles. The summed E-state index contributed by atoms with van der Waals surface area (Å²) in [6.45, 7) is 1.62. The second-order valence-corrected chi connectivity index (χ2v) is 7.65. The molecule has 31 heavy (non-hydrogen) atoms. The van der Waals surface area contributed by atoms with Crippen LogP contribution in [0.4, 0.5) is 5.95 Å². The third-order valence-electron chi connectivity index (χ3n) is 4.88. The molecule has 4 aromatic rings. The molecule has 0 atom stereocenters. The maximum Gasteiger partial charge on any atom is 0.220 e. The highest BCUT2D eigenvalue weighted by molar-refractivity contribution is 5.81. The first-order valence-corrected chi connectivity index (χ1v) is 10.3. The third kappa shape index (κ3) is 5.32. The van der Waals surface area contributed by atoms with Crippen LogP contribution in [0, 0.1) is 0 Å².